The number of nitrogens with zero attached hydrogens (tertiary/aromatic N) is 1. The predicted molar refractivity (Wildman–Crippen MR) is 148 cm³/mol. The van der Waals surface area contributed by atoms with Crippen LogP contribution in [0, 0.1) is 15.5 Å². The molecule has 2 atom stereocenters. The molecule has 0 bridgehead atoms. The molecule has 9 nitrogen and oxygen atoms in total. The number of nitro benzene ring substituents is 1. The van der Waals surface area contributed by atoms with Crippen molar-refractivity contribution >= 4 is 26.7 Å². The number of alkyl halides is 2. The summed E-state index contributed by atoms with van der Waals surface area (Å²) in [6, 6.07) is 19.9. The van der Waals surface area contributed by atoms with Gasteiger partial charge in [-0.3, -0.25) is 14.7 Å². The van der Waals surface area contributed by atoms with E-state index in [0.717, 1.165) is 27.2 Å². The van der Waals surface area contributed by atoms with E-state index >= 15 is 0 Å². The van der Waals surface area contributed by atoms with Crippen molar-refractivity contribution in [3.63, 3.8) is 0 Å². The Labute approximate surface area is 239 Å². The van der Waals surface area contributed by atoms with E-state index in [4.69, 9.17) is 18.8 Å². The molecule has 0 saturated carbocycles. The summed E-state index contributed by atoms with van der Waals surface area (Å²) in [6.07, 6.45) is -2.15. The van der Waals surface area contributed by atoms with Gasteiger partial charge in [0.2, 0.25) is 0 Å². The van der Waals surface area contributed by atoms with E-state index in [1.54, 1.807) is 24.3 Å². The minimum Gasteiger partial charge on any atom is -0.483 e. The average molecular weight is 611 g/mol. The highest BCUT2D eigenvalue weighted by Gasteiger charge is 2.51. The number of halogens is 2. The molecule has 3 aromatic carbocycles. The summed E-state index contributed by atoms with van der Waals surface area (Å²) in [5, 5.41) is 6.70. The van der Waals surface area contributed by atoms with Gasteiger partial charge in [0.25, 0.3) is 5.69 Å². The third-order valence-corrected chi connectivity index (χ3v) is 9.81. The molecule has 3 aromatic rings. The van der Waals surface area contributed by atoms with Gasteiger partial charge < -0.3 is 14.2 Å². The quantitative estimate of drug-likeness (QED) is 0.132. The van der Waals surface area contributed by atoms with E-state index in [1.165, 1.54) is 24.3 Å². The summed E-state index contributed by atoms with van der Waals surface area (Å²) in [6.45, 7) is 7.87. The number of hydrogen-bond acceptors (Lipinski definition) is 7. The van der Waals surface area contributed by atoms with Crippen LogP contribution in [0.2, 0.25) is 0 Å². The van der Waals surface area contributed by atoms with Gasteiger partial charge in [0.15, 0.2) is 26.6 Å². The number of non-ortho nitro benzene ring substituents is 1. The average Bonchev–Trinajstić information content (AvgIpc) is 2.91. The Morgan fingerprint density at radius 2 is 1.37 bits per heavy atom. The standard InChI is InChI=1S/C28H29F2NO8S2/c1-19(28(29,30)41(34,35)36)39-22-9-15-25(16-10-22)40(24-13-7-21(8-14-24)31(32)33)23-11-5-20(6-12-23)27(4)37-17-26(2,3)18-38-27/h5-16,19H,17-18H2,1-4H3/p+1. The monoisotopic (exact) mass is 610 g/mol. The van der Waals surface area contributed by atoms with Crippen molar-refractivity contribution in [1.29, 1.82) is 0 Å². The zero-order chi connectivity index (χ0) is 30.2. The Bertz CT molecular complexity index is 1490. The molecular weight excluding hydrogens is 580 g/mol. The molecule has 1 N–H and O–H groups in total. The third kappa shape index (κ3) is 6.70. The molecular formula is C28H30F2NO8S2+. The van der Waals surface area contributed by atoms with Crippen LogP contribution in [0.3, 0.4) is 0 Å². The Balaban J connectivity index is 1.65. The van der Waals surface area contributed by atoms with E-state index in [9.17, 15) is 27.3 Å². The molecule has 220 valence electrons. The molecule has 2 unspecified atom stereocenters. The Hall–Kier alpha value is -3.10. The van der Waals surface area contributed by atoms with Crippen LogP contribution in [0.1, 0.15) is 33.3 Å². The maximum Gasteiger partial charge on any atom is 0.405 e. The van der Waals surface area contributed by atoms with Crippen molar-refractivity contribution in [2.45, 2.75) is 59.5 Å². The fourth-order valence-corrected chi connectivity index (χ4v) is 6.57. The Morgan fingerprint density at radius 3 is 1.80 bits per heavy atom. The lowest BCUT2D eigenvalue weighted by Gasteiger charge is -2.41. The smallest absolute Gasteiger partial charge is 0.405 e. The molecule has 4 rings (SSSR count). The number of hydrogen-bond donors (Lipinski definition) is 1. The van der Waals surface area contributed by atoms with Gasteiger partial charge in [-0.25, -0.2) is 0 Å². The highest BCUT2D eigenvalue weighted by atomic mass is 32.2. The highest BCUT2D eigenvalue weighted by molar-refractivity contribution is 7.97. The van der Waals surface area contributed by atoms with E-state index in [-0.39, 0.29) is 16.9 Å². The van der Waals surface area contributed by atoms with Crippen LogP contribution >= 0.6 is 0 Å². The van der Waals surface area contributed by atoms with Gasteiger partial charge in [-0.05, 0) is 62.4 Å². The van der Waals surface area contributed by atoms with Crippen LogP contribution in [-0.2, 0) is 36.3 Å². The molecule has 1 saturated heterocycles. The summed E-state index contributed by atoms with van der Waals surface area (Å²) in [7, 11) is -6.44. The molecule has 0 aliphatic carbocycles. The molecule has 13 heteroatoms. The molecule has 41 heavy (non-hydrogen) atoms. The van der Waals surface area contributed by atoms with Crippen molar-refractivity contribution < 1.29 is 40.9 Å². The van der Waals surface area contributed by atoms with Crippen LogP contribution in [0.5, 0.6) is 5.75 Å². The third-order valence-electron chi connectivity index (χ3n) is 6.56. The first-order valence-electron chi connectivity index (χ1n) is 12.5. The van der Waals surface area contributed by atoms with Crippen molar-refractivity contribution in [3.05, 3.63) is 88.5 Å². The second-order valence-electron chi connectivity index (χ2n) is 10.5. The number of ether oxygens (including phenoxy) is 3. The van der Waals surface area contributed by atoms with Crippen LogP contribution in [-0.4, -0.2) is 42.5 Å². The van der Waals surface area contributed by atoms with Crippen LogP contribution in [0.4, 0.5) is 14.5 Å². The topological polar surface area (TPSA) is 125 Å². The van der Waals surface area contributed by atoms with Gasteiger partial charge >= 0.3 is 15.4 Å². The fraction of sp³-hybridized carbons (Fsp3) is 0.357. The molecule has 1 aliphatic heterocycles. The first-order chi connectivity index (χ1) is 19.0. The summed E-state index contributed by atoms with van der Waals surface area (Å²) < 4.78 is 76.1. The number of nitro groups is 1. The molecule has 1 fully saturated rings. The van der Waals surface area contributed by atoms with Gasteiger partial charge in [0.05, 0.1) is 29.0 Å². The lowest BCUT2D eigenvalue weighted by atomic mass is 9.94. The van der Waals surface area contributed by atoms with Crippen LogP contribution in [0.25, 0.3) is 0 Å². The van der Waals surface area contributed by atoms with Gasteiger partial charge in [0, 0.05) is 35.2 Å². The molecule has 1 aliphatic rings. The van der Waals surface area contributed by atoms with Gasteiger partial charge in [-0.2, -0.15) is 17.2 Å². The predicted octanol–water partition coefficient (Wildman–Crippen LogP) is 6.18. The second-order valence-corrected chi connectivity index (χ2v) is 14.1. The first-order valence-corrected chi connectivity index (χ1v) is 15.2. The minimum atomic E-state index is -5.67. The van der Waals surface area contributed by atoms with Crippen molar-refractivity contribution in [2.24, 2.45) is 5.41 Å². The summed E-state index contributed by atoms with van der Waals surface area (Å²) >= 11 is 0. The van der Waals surface area contributed by atoms with Crippen molar-refractivity contribution in [1.82, 2.24) is 0 Å². The second kappa shape index (κ2) is 11.3. The first kappa shape index (κ1) is 30.8. The van der Waals surface area contributed by atoms with Crippen molar-refractivity contribution in [2.75, 3.05) is 13.2 Å². The lowest BCUT2D eigenvalue weighted by Crippen LogP contribution is -2.43. The Morgan fingerprint density at radius 1 is 0.927 bits per heavy atom. The van der Waals surface area contributed by atoms with Gasteiger partial charge in [0.1, 0.15) is 5.75 Å². The number of benzene rings is 3. The largest absolute Gasteiger partial charge is 0.483 e. The Kier molecular flexibility index (Phi) is 8.50. The van der Waals surface area contributed by atoms with Gasteiger partial charge in [-0.15, -0.1) is 0 Å². The molecule has 0 aromatic heterocycles. The van der Waals surface area contributed by atoms with Gasteiger partial charge in [-0.1, -0.05) is 13.8 Å². The van der Waals surface area contributed by atoms with E-state index in [0.29, 0.717) is 13.2 Å². The summed E-state index contributed by atoms with van der Waals surface area (Å²) in [4.78, 5) is 13.1. The van der Waals surface area contributed by atoms with Crippen LogP contribution in [0.15, 0.2) is 87.5 Å². The summed E-state index contributed by atoms with van der Waals surface area (Å²) in [5.41, 5.74) is 0.659. The fourth-order valence-electron chi connectivity index (χ4n) is 4.06. The summed E-state index contributed by atoms with van der Waals surface area (Å²) in [5.74, 6) is -0.950. The van der Waals surface area contributed by atoms with E-state index in [2.05, 4.69) is 13.8 Å². The lowest BCUT2D eigenvalue weighted by molar-refractivity contribution is -0.384. The highest BCUT2D eigenvalue weighted by Crippen LogP contribution is 2.39. The maximum atomic E-state index is 14.0. The molecule has 0 amide bonds. The normalized spacial score (nSPS) is 18.3. The van der Waals surface area contributed by atoms with E-state index < -0.39 is 43.1 Å². The molecule has 0 radical (unpaired) electrons. The SMILES string of the molecule is CC(Oc1ccc([S+](c2ccc([N+](=O)[O-])cc2)c2ccc(C3(C)OCC(C)(C)CO3)cc2)cc1)C(F)(F)S(=O)(=O)O. The minimum absolute atomic E-state index is 0.0328. The van der Waals surface area contributed by atoms with Crippen molar-refractivity contribution in [3.8, 4) is 5.75 Å². The molecule has 1 heterocycles. The van der Waals surface area contributed by atoms with E-state index in [1.807, 2.05) is 31.2 Å². The zero-order valence-electron chi connectivity index (χ0n) is 22.7. The molecule has 0 spiro atoms. The zero-order valence-corrected chi connectivity index (χ0v) is 24.4. The van der Waals surface area contributed by atoms with Crippen LogP contribution < -0.4 is 4.74 Å². The maximum absolute atomic E-state index is 14.0. The number of rotatable bonds is 9.